The van der Waals surface area contributed by atoms with E-state index in [1.54, 1.807) is 11.3 Å². The van der Waals surface area contributed by atoms with E-state index in [1.165, 1.54) is 12.3 Å². The minimum Gasteiger partial charge on any atom is -0.478 e. The van der Waals surface area contributed by atoms with E-state index in [9.17, 15) is 4.79 Å². The van der Waals surface area contributed by atoms with Crippen molar-refractivity contribution in [2.75, 3.05) is 0 Å². The van der Waals surface area contributed by atoms with Crippen LogP contribution < -0.4 is 5.32 Å². The summed E-state index contributed by atoms with van der Waals surface area (Å²) in [5.74, 6) is -0.525. The van der Waals surface area contributed by atoms with Crippen molar-refractivity contribution in [1.82, 2.24) is 10.3 Å². The van der Waals surface area contributed by atoms with Crippen LogP contribution in [0.4, 0.5) is 0 Å². The predicted molar refractivity (Wildman–Crippen MR) is 63.1 cm³/mol. The van der Waals surface area contributed by atoms with E-state index in [1.807, 2.05) is 13.1 Å². The molecule has 2 N–H and O–H groups in total. The van der Waals surface area contributed by atoms with Crippen LogP contribution in [0.25, 0.3) is 0 Å². The highest BCUT2D eigenvalue weighted by Crippen LogP contribution is 2.13. The largest absolute Gasteiger partial charge is 0.478 e. The SMILES string of the molecule is Cc1ncc(CNCc2occc2C(=O)O)s1. The molecule has 0 aliphatic heterocycles. The van der Waals surface area contributed by atoms with Gasteiger partial charge in [0.1, 0.15) is 11.3 Å². The fourth-order valence-corrected chi connectivity index (χ4v) is 2.22. The second-order valence-corrected chi connectivity index (χ2v) is 4.83. The van der Waals surface area contributed by atoms with Crippen molar-refractivity contribution in [3.63, 3.8) is 0 Å². The number of thiazole rings is 1. The van der Waals surface area contributed by atoms with Crippen LogP contribution >= 0.6 is 11.3 Å². The molecule has 0 bridgehead atoms. The number of aromatic nitrogens is 1. The van der Waals surface area contributed by atoms with Crippen molar-refractivity contribution in [2.45, 2.75) is 20.0 Å². The van der Waals surface area contributed by atoms with Gasteiger partial charge in [-0.1, -0.05) is 0 Å². The average Bonchev–Trinajstić information content (AvgIpc) is 2.87. The summed E-state index contributed by atoms with van der Waals surface area (Å²) in [6, 6.07) is 1.45. The molecule has 0 aromatic carbocycles. The van der Waals surface area contributed by atoms with Crippen LogP contribution in [0, 0.1) is 6.92 Å². The highest BCUT2D eigenvalue weighted by Gasteiger charge is 2.12. The Bertz CT molecular complexity index is 518. The lowest BCUT2D eigenvalue weighted by molar-refractivity contribution is 0.0694. The molecule has 2 aromatic heterocycles. The first-order chi connectivity index (χ1) is 8.16. The first-order valence-corrected chi connectivity index (χ1v) is 5.90. The zero-order chi connectivity index (χ0) is 12.3. The topological polar surface area (TPSA) is 75.4 Å². The second kappa shape index (κ2) is 5.11. The first-order valence-electron chi connectivity index (χ1n) is 5.08. The van der Waals surface area contributed by atoms with Gasteiger partial charge in [0.05, 0.1) is 17.8 Å². The fraction of sp³-hybridized carbons (Fsp3) is 0.273. The molecule has 0 aliphatic rings. The second-order valence-electron chi connectivity index (χ2n) is 3.51. The van der Waals surface area contributed by atoms with Crippen molar-refractivity contribution in [3.05, 3.63) is 39.7 Å². The number of carboxylic acids is 1. The fourth-order valence-electron chi connectivity index (χ4n) is 1.45. The van der Waals surface area contributed by atoms with E-state index in [2.05, 4.69) is 10.3 Å². The van der Waals surface area contributed by atoms with Gasteiger partial charge in [-0.25, -0.2) is 9.78 Å². The number of carboxylic acid groups (broad SMARTS) is 1. The first kappa shape index (κ1) is 11.8. The summed E-state index contributed by atoms with van der Waals surface area (Å²) in [6.07, 6.45) is 3.20. The molecule has 17 heavy (non-hydrogen) atoms. The van der Waals surface area contributed by atoms with Crippen LogP contribution in [0.3, 0.4) is 0 Å². The Labute approximate surface area is 102 Å². The molecule has 2 heterocycles. The van der Waals surface area contributed by atoms with Gasteiger partial charge >= 0.3 is 5.97 Å². The number of aryl methyl sites for hydroxylation is 1. The van der Waals surface area contributed by atoms with Crippen molar-refractivity contribution in [2.24, 2.45) is 0 Å². The number of furan rings is 1. The van der Waals surface area contributed by atoms with E-state index in [0.29, 0.717) is 18.8 Å². The van der Waals surface area contributed by atoms with Gasteiger partial charge in [0.2, 0.25) is 0 Å². The summed E-state index contributed by atoms with van der Waals surface area (Å²) in [6.45, 7) is 3.00. The summed E-state index contributed by atoms with van der Waals surface area (Å²) < 4.78 is 5.11. The van der Waals surface area contributed by atoms with E-state index >= 15 is 0 Å². The van der Waals surface area contributed by atoms with Gasteiger partial charge in [-0.3, -0.25) is 0 Å². The monoisotopic (exact) mass is 252 g/mol. The summed E-state index contributed by atoms with van der Waals surface area (Å²) in [5, 5.41) is 13.0. The van der Waals surface area contributed by atoms with Gasteiger partial charge in [0.15, 0.2) is 0 Å². The third kappa shape index (κ3) is 2.92. The maximum absolute atomic E-state index is 10.8. The summed E-state index contributed by atoms with van der Waals surface area (Å²) in [4.78, 5) is 16.1. The minimum atomic E-state index is -0.968. The lowest BCUT2D eigenvalue weighted by atomic mass is 10.2. The number of nitrogens with zero attached hydrogens (tertiary/aromatic N) is 1. The third-order valence-electron chi connectivity index (χ3n) is 2.23. The molecular formula is C11H12N2O3S. The van der Waals surface area contributed by atoms with E-state index in [0.717, 1.165) is 9.88 Å². The molecule has 0 spiro atoms. The molecule has 0 amide bonds. The van der Waals surface area contributed by atoms with Gasteiger partial charge in [-0.15, -0.1) is 11.3 Å². The van der Waals surface area contributed by atoms with Crippen molar-refractivity contribution in [1.29, 1.82) is 0 Å². The molecule has 0 unspecified atom stereocenters. The smallest absolute Gasteiger partial charge is 0.339 e. The quantitative estimate of drug-likeness (QED) is 0.851. The summed E-state index contributed by atoms with van der Waals surface area (Å²) in [7, 11) is 0. The van der Waals surface area contributed by atoms with E-state index in [-0.39, 0.29) is 5.56 Å². The zero-order valence-electron chi connectivity index (χ0n) is 9.27. The number of nitrogens with one attached hydrogen (secondary N) is 1. The van der Waals surface area contributed by atoms with Crippen LogP contribution in [0.2, 0.25) is 0 Å². The Balaban J connectivity index is 1.90. The zero-order valence-corrected chi connectivity index (χ0v) is 10.1. The number of aromatic carboxylic acids is 1. The molecule has 90 valence electrons. The molecule has 0 saturated carbocycles. The lowest BCUT2D eigenvalue weighted by Crippen LogP contribution is -2.13. The minimum absolute atomic E-state index is 0.206. The van der Waals surface area contributed by atoms with Crippen LogP contribution in [-0.4, -0.2) is 16.1 Å². The Morgan fingerprint density at radius 2 is 2.41 bits per heavy atom. The maximum atomic E-state index is 10.8. The standard InChI is InChI=1S/C11H12N2O3S/c1-7-13-5-8(17-7)4-12-6-10-9(11(14)15)2-3-16-10/h2-3,5,12H,4,6H2,1H3,(H,14,15). The molecule has 2 aromatic rings. The Hall–Kier alpha value is -1.66. The van der Waals surface area contributed by atoms with Gasteiger partial charge < -0.3 is 14.8 Å². The molecule has 0 saturated heterocycles. The number of carbonyl (C=O) groups is 1. The summed E-state index contributed by atoms with van der Waals surface area (Å²) >= 11 is 1.61. The van der Waals surface area contributed by atoms with Crippen LogP contribution in [0.5, 0.6) is 0 Å². The molecule has 0 aliphatic carbocycles. The Kier molecular flexibility index (Phi) is 3.55. The highest BCUT2D eigenvalue weighted by atomic mass is 32.1. The molecule has 0 atom stereocenters. The Morgan fingerprint density at radius 1 is 1.59 bits per heavy atom. The number of hydrogen-bond acceptors (Lipinski definition) is 5. The molecule has 6 heteroatoms. The van der Waals surface area contributed by atoms with Crippen LogP contribution in [0.1, 0.15) is 26.0 Å². The maximum Gasteiger partial charge on any atom is 0.339 e. The van der Waals surface area contributed by atoms with Gasteiger partial charge in [-0.2, -0.15) is 0 Å². The molecule has 5 nitrogen and oxygen atoms in total. The number of hydrogen-bond donors (Lipinski definition) is 2. The highest BCUT2D eigenvalue weighted by molar-refractivity contribution is 7.11. The molecule has 0 fully saturated rings. The van der Waals surface area contributed by atoms with Crippen LogP contribution in [0.15, 0.2) is 22.9 Å². The molecule has 0 radical (unpaired) electrons. The molecule has 2 rings (SSSR count). The summed E-state index contributed by atoms with van der Waals surface area (Å²) in [5.41, 5.74) is 0.206. The van der Waals surface area contributed by atoms with Gasteiger partial charge in [0.25, 0.3) is 0 Å². The normalized spacial score (nSPS) is 10.6. The van der Waals surface area contributed by atoms with Gasteiger partial charge in [0, 0.05) is 17.6 Å². The van der Waals surface area contributed by atoms with E-state index < -0.39 is 5.97 Å². The van der Waals surface area contributed by atoms with Gasteiger partial charge in [-0.05, 0) is 13.0 Å². The predicted octanol–water partition coefficient (Wildman–Crippen LogP) is 2.03. The average molecular weight is 252 g/mol. The lowest BCUT2D eigenvalue weighted by Gasteiger charge is -2.01. The Morgan fingerprint density at radius 3 is 3.06 bits per heavy atom. The molecular weight excluding hydrogens is 240 g/mol. The van der Waals surface area contributed by atoms with Crippen molar-refractivity contribution >= 4 is 17.3 Å². The third-order valence-corrected chi connectivity index (χ3v) is 3.14. The van der Waals surface area contributed by atoms with Crippen molar-refractivity contribution in [3.8, 4) is 0 Å². The van der Waals surface area contributed by atoms with Crippen molar-refractivity contribution < 1.29 is 14.3 Å². The van der Waals surface area contributed by atoms with E-state index in [4.69, 9.17) is 9.52 Å². The van der Waals surface area contributed by atoms with Crippen LogP contribution in [-0.2, 0) is 13.1 Å². The number of rotatable bonds is 5.